The van der Waals surface area contributed by atoms with Crippen molar-refractivity contribution in [2.45, 2.75) is 39.5 Å². The van der Waals surface area contributed by atoms with Crippen LogP contribution in [0.1, 0.15) is 45.1 Å². The number of benzene rings is 1. The van der Waals surface area contributed by atoms with E-state index in [0.717, 1.165) is 24.0 Å². The van der Waals surface area contributed by atoms with Gasteiger partial charge in [0.05, 0.1) is 0 Å². The number of ketones is 1. The van der Waals surface area contributed by atoms with Crippen molar-refractivity contribution in [1.82, 2.24) is 0 Å². The summed E-state index contributed by atoms with van der Waals surface area (Å²) in [5.74, 6) is 0.194. The molecule has 0 heterocycles. The number of allylic oxidation sites excluding steroid dienone is 1. The second kappa shape index (κ2) is 7.00. The Hall–Kier alpha value is -1.37. The van der Waals surface area contributed by atoms with E-state index in [1.54, 1.807) is 6.92 Å². The van der Waals surface area contributed by atoms with Crippen molar-refractivity contribution in [3.05, 3.63) is 41.5 Å². The molecule has 16 heavy (non-hydrogen) atoms. The lowest BCUT2D eigenvalue weighted by atomic mass is 10.0. The van der Waals surface area contributed by atoms with Crippen molar-refractivity contribution in [3.8, 4) is 0 Å². The van der Waals surface area contributed by atoms with E-state index in [9.17, 15) is 4.79 Å². The maximum atomic E-state index is 11.5. The van der Waals surface area contributed by atoms with Crippen molar-refractivity contribution in [3.63, 3.8) is 0 Å². The maximum Gasteiger partial charge on any atom is 0.155 e. The maximum absolute atomic E-state index is 11.5. The second-order valence-corrected chi connectivity index (χ2v) is 4.09. The molecule has 86 valence electrons. The molecule has 0 N–H and O–H groups in total. The van der Waals surface area contributed by atoms with Crippen LogP contribution in [0.4, 0.5) is 0 Å². The molecule has 1 nitrogen and oxygen atoms in total. The Morgan fingerprint density at radius 3 is 2.44 bits per heavy atom. The lowest BCUT2D eigenvalue weighted by molar-refractivity contribution is -0.113. The van der Waals surface area contributed by atoms with E-state index in [1.807, 2.05) is 36.4 Å². The van der Waals surface area contributed by atoms with Gasteiger partial charge in [-0.15, -0.1) is 0 Å². The van der Waals surface area contributed by atoms with Gasteiger partial charge in [0.15, 0.2) is 5.78 Å². The normalized spacial score (nSPS) is 11.5. The smallest absolute Gasteiger partial charge is 0.155 e. The molecule has 0 saturated carbocycles. The lowest BCUT2D eigenvalue weighted by Gasteiger charge is -2.03. The van der Waals surface area contributed by atoms with Crippen LogP contribution < -0.4 is 0 Å². The van der Waals surface area contributed by atoms with Gasteiger partial charge in [-0.25, -0.2) is 0 Å². The van der Waals surface area contributed by atoms with Gasteiger partial charge in [0.25, 0.3) is 0 Å². The first-order chi connectivity index (χ1) is 7.74. The molecule has 0 aliphatic heterocycles. The van der Waals surface area contributed by atoms with Crippen molar-refractivity contribution in [1.29, 1.82) is 0 Å². The average Bonchev–Trinajstić information content (AvgIpc) is 2.29. The Balaban J connectivity index is 2.70. The van der Waals surface area contributed by atoms with Gasteiger partial charge in [-0.05, 0) is 37.0 Å². The Morgan fingerprint density at radius 1 is 1.19 bits per heavy atom. The summed E-state index contributed by atoms with van der Waals surface area (Å²) in [6.07, 6.45) is 6.40. The molecule has 1 aromatic carbocycles. The highest BCUT2D eigenvalue weighted by molar-refractivity contribution is 5.97. The third kappa shape index (κ3) is 4.43. The van der Waals surface area contributed by atoms with Gasteiger partial charge in [-0.1, -0.05) is 50.1 Å². The zero-order chi connectivity index (χ0) is 11.8. The highest BCUT2D eigenvalue weighted by Crippen LogP contribution is 2.14. The van der Waals surface area contributed by atoms with E-state index in [2.05, 4.69) is 6.92 Å². The third-order valence-electron chi connectivity index (χ3n) is 2.64. The van der Waals surface area contributed by atoms with Gasteiger partial charge < -0.3 is 0 Å². The Bertz CT molecular complexity index is 349. The van der Waals surface area contributed by atoms with Crippen LogP contribution in [-0.4, -0.2) is 5.78 Å². The predicted octanol–water partition coefficient (Wildman–Crippen LogP) is 4.24. The van der Waals surface area contributed by atoms with E-state index >= 15 is 0 Å². The largest absolute Gasteiger partial charge is 0.295 e. The standard InChI is InChI=1S/C15H20O/c1-3-4-6-11-15(13(2)16)12-14-9-7-5-8-10-14/h5,7-10,12H,3-4,6,11H2,1-2H3/b15-12+. The van der Waals surface area contributed by atoms with Gasteiger partial charge >= 0.3 is 0 Å². The van der Waals surface area contributed by atoms with Crippen LogP contribution >= 0.6 is 0 Å². The van der Waals surface area contributed by atoms with Crippen molar-refractivity contribution < 1.29 is 4.79 Å². The number of carbonyl (C=O) groups is 1. The van der Waals surface area contributed by atoms with Crippen LogP contribution in [0, 0.1) is 0 Å². The molecule has 0 radical (unpaired) electrons. The van der Waals surface area contributed by atoms with Crippen LogP contribution in [0.2, 0.25) is 0 Å². The van der Waals surface area contributed by atoms with Crippen LogP contribution in [0.25, 0.3) is 6.08 Å². The third-order valence-corrected chi connectivity index (χ3v) is 2.64. The van der Waals surface area contributed by atoms with Gasteiger partial charge in [0.1, 0.15) is 0 Å². The molecule has 1 heteroatoms. The molecule has 0 saturated heterocycles. The summed E-state index contributed by atoms with van der Waals surface area (Å²) in [4.78, 5) is 11.5. The molecule has 0 fully saturated rings. The van der Waals surface area contributed by atoms with Crippen molar-refractivity contribution in [2.75, 3.05) is 0 Å². The highest BCUT2D eigenvalue weighted by atomic mass is 16.1. The zero-order valence-electron chi connectivity index (χ0n) is 10.2. The van der Waals surface area contributed by atoms with Crippen LogP contribution in [0.3, 0.4) is 0 Å². The van der Waals surface area contributed by atoms with Crippen LogP contribution in [0.5, 0.6) is 0 Å². The molecular weight excluding hydrogens is 196 g/mol. The number of hydrogen-bond donors (Lipinski definition) is 0. The molecule has 0 spiro atoms. The van der Waals surface area contributed by atoms with E-state index in [-0.39, 0.29) is 5.78 Å². The predicted molar refractivity (Wildman–Crippen MR) is 69.2 cm³/mol. The van der Waals surface area contributed by atoms with Gasteiger partial charge in [-0.3, -0.25) is 4.79 Å². The fraction of sp³-hybridized carbons (Fsp3) is 0.400. The van der Waals surface area contributed by atoms with Gasteiger partial charge in [0.2, 0.25) is 0 Å². The second-order valence-electron chi connectivity index (χ2n) is 4.09. The van der Waals surface area contributed by atoms with E-state index in [1.165, 1.54) is 12.8 Å². The minimum Gasteiger partial charge on any atom is -0.295 e. The number of unbranched alkanes of at least 4 members (excludes halogenated alkanes) is 2. The Labute approximate surface area is 98.2 Å². The molecule has 0 aromatic heterocycles. The molecule has 1 rings (SSSR count). The summed E-state index contributed by atoms with van der Waals surface area (Å²) in [5.41, 5.74) is 2.06. The number of carbonyl (C=O) groups excluding carboxylic acids is 1. The molecule has 1 aromatic rings. The number of rotatable bonds is 6. The summed E-state index contributed by atoms with van der Waals surface area (Å²) in [5, 5.41) is 0. The molecule has 0 aliphatic carbocycles. The summed E-state index contributed by atoms with van der Waals surface area (Å²) < 4.78 is 0. The zero-order valence-corrected chi connectivity index (χ0v) is 10.2. The summed E-state index contributed by atoms with van der Waals surface area (Å²) in [6.45, 7) is 3.83. The minimum atomic E-state index is 0.194. The molecule has 0 bridgehead atoms. The van der Waals surface area contributed by atoms with Crippen molar-refractivity contribution >= 4 is 11.9 Å². The number of hydrogen-bond acceptors (Lipinski definition) is 1. The first-order valence-electron chi connectivity index (χ1n) is 6.00. The number of Topliss-reactive ketones (excluding diaryl/α,β-unsaturated/α-hetero) is 1. The van der Waals surface area contributed by atoms with E-state index < -0.39 is 0 Å². The summed E-state index contributed by atoms with van der Waals surface area (Å²) in [6, 6.07) is 10.0. The highest BCUT2D eigenvalue weighted by Gasteiger charge is 2.03. The molecule has 0 unspecified atom stereocenters. The fourth-order valence-corrected chi connectivity index (χ4v) is 1.67. The van der Waals surface area contributed by atoms with E-state index in [4.69, 9.17) is 0 Å². The molecule has 0 aliphatic rings. The van der Waals surface area contributed by atoms with E-state index in [0.29, 0.717) is 0 Å². The van der Waals surface area contributed by atoms with Crippen LogP contribution in [-0.2, 0) is 4.79 Å². The minimum absolute atomic E-state index is 0.194. The van der Waals surface area contributed by atoms with Crippen molar-refractivity contribution in [2.24, 2.45) is 0 Å². The topological polar surface area (TPSA) is 17.1 Å². The average molecular weight is 216 g/mol. The fourth-order valence-electron chi connectivity index (χ4n) is 1.67. The monoisotopic (exact) mass is 216 g/mol. The molecule has 0 amide bonds. The summed E-state index contributed by atoms with van der Waals surface area (Å²) in [7, 11) is 0. The quantitative estimate of drug-likeness (QED) is 0.513. The summed E-state index contributed by atoms with van der Waals surface area (Å²) >= 11 is 0. The Morgan fingerprint density at radius 2 is 1.88 bits per heavy atom. The lowest BCUT2D eigenvalue weighted by Crippen LogP contribution is -1.96. The molecular formula is C15H20O. The molecule has 0 atom stereocenters. The van der Waals surface area contributed by atoms with Gasteiger partial charge in [0, 0.05) is 0 Å². The van der Waals surface area contributed by atoms with Crippen LogP contribution in [0.15, 0.2) is 35.9 Å². The van der Waals surface area contributed by atoms with Gasteiger partial charge in [-0.2, -0.15) is 0 Å². The SMILES string of the molecule is CCCCC/C(=C\c1ccccc1)C(C)=O. The first-order valence-corrected chi connectivity index (χ1v) is 6.00. The first kappa shape index (κ1) is 12.7. The Kier molecular flexibility index (Phi) is 5.55.